The van der Waals surface area contributed by atoms with Crippen LogP contribution in [0.3, 0.4) is 0 Å². The van der Waals surface area contributed by atoms with Crippen LogP contribution in [-0.2, 0) is 0 Å². The maximum atomic E-state index is 11.1. The van der Waals surface area contributed by atoms with Crippen LogP contribution in [0.2, 0.25) is 0 Å². The molecule has 0 bridgehead atoms. The number of hydrogen-bond acceptors (Lipinski definition) is 7. The molecule has 7 unspecified atom stereocenters. The van der Waals surface area contributed by atoms with Gasteiger partial charge < -0.3 is 36.2 Å². The van der Waals surface area contributed by atoms with Crippen LogP contribution in [0.4, 0.5) is 0 Å². The van der Waals surface area contributed by atoms with Crippen LogP contribution < -0.4 is 10.6 Å². The Bertz CT molecular complexity index is 671. The number of aliphatic hydroxyl groups excluding tert-OH is 5. The minimum atomic E-state index is -1.29. The molecule has 0 spiro atoms. The fraction of sp³-hybridized carbons (Fsp3) is 0.885. The van der Waals surface area contributed by atoms with E-state index >= 15 is 0 Å². The minimum Gasteiger partial charge on any atom is -0.392 e. The van der Waals surface area contributed by atoms with Gasteiger partial charge in [-0.05, 0) is 35.5 Å². The van der Waals surface area contributed by atoms with Gasteiger partial charge in [0.15, 0.2) is 0 Å². The first-order valence-electron chi connectivity index (χ1n) is 12.4. The Morgan fingerprint density at radius 1 is 0.912 bits per heavy atom. The molecule has 200 valence electrons. The summed E-state index contributed by atoms with van der Waals surface area (Å²) in [4.78, 5) is 0.638. The van der Waals surface area contributed by atoms with Gasteiger partial charge in [-0.2, -0.15) is 0 Å². The van der Waals surface area contributed by atoms with Crippen LogP contribution in [-0.4, -0.2) is 79.7 Å². The molecule has 0 amide bonds. The van der Waals surface area contributed by atoms with Crippen molar-refractivity contribution >= 4 is 17.2 Å². The highest BCUT2D eigenvalue weighted by Gasteiger charge is 2.36. The Kier molecular flexibility index (Phi) is 11.6. The van der Waals surface area contributed by atoms with E-state index in [1.165, 1.54) is 6.08 Å². The Labute approximate surface area is 212 Å². The molecule has 8 heteroatoms. The maximum Gasteiger partial charge on any atom is 0.111 e. The molecule has 0 aromatic rings. The minimum absolute atomic E-state index is 0.0397. The van der Waals surface area contributed by atoms with Crippen molar-refractivity contribution in [3.8, 4) is 0 Å². The van der Waals surface area contributed by atoms with Crippen LogP contribution >= 0.6 is 12.2 Å². The molecule has 0 heterocycles. The summed E-state index contributed by atoms with van der Waals surface area (Å²) in [7, 11) is 0. The summed E-state index contributed by atoms with van der Waals surface area (Å²) in [5.41, 5.74) is -0.218. The Balaban J connectivity index is 2.90. The van der Waals surface area contributed by atoms with Crippen LogP contribution in [0.1, 0.15) is 81.1 Å². The number of nitrogens with one attached hydrogen (secondary N) is 2. The maximum absolute atomic E-state index is 11.1. The SMILES string of the molecule is CC(C)(C)CCC(=S)NC(CNC1C=CC(O)C(O)C1O)C(O)CC(O)C(C)(C)CC(C)(C)C. The molecule has 1 aliphatic rings. The summed E-state index contributed by atoms with van der Waals surface area (Å²) in [5.74, 6) is 0. The van der Waals surface area contributed by atoms with Gasteiger partial charge in [0, 0.05) is 13.0 Å². The first-order chi connectivity index (χ1) is 15.3. The predicted octanol–water partition coefficient (Wildman–Crippen LogP) is 2.28. The standard InChI is InChI=1S/C26H50N2O5S/c1-24(2,3)12-11-21(34)28-17(14-27-16-9-10-18(29)23(33)22(16)32)19(30)13-20(31)26(7,8)15-25(4,5)6/h9-10,16-20,22-23,27,29-33H,11-15H2,1-8H3,(H,28,34). The molecule has 0 radical (unpaired) electrons. The molecule has 7 atom stereocenters. The lowest BCUT2D eigenvalue weighted by Crippen LogP contribution is -2.57. The highest BCUT2D eigenvalue weighted by atomic mass is 32.1. The third kappa shape index (κ3) is 11.0. The number of thiocarbonyl (C=S) groups is 1. The van der Waals surface area contributed by atoms with Gasteiger partial charge in [-0.3, -0.25) is 0 Å². The van der Waals surface area contributed by atoms with E-state index in [1.54, 1.807) is 6.08 Å². The van der Waals surface area contributed by atoms with E-state index in [1.807, 2.05) is 13.8 Å². The van der Waals surface area contributed by atoms with Gasteiger partial charge in [0.2, 0.25) is 0 Å². The first kappa shape index (κ1) is 31.4. The molecule has 0 saturated carbocycles. The molecule has 1 rings (SSSR count). The largest absolute Gasteiger partial charge is 0.392 e. The number of hydrogen-bond donors (Lipinski definition) is 7. The second-order valence-electron chi connectivity index (χ2n) is 13.1. The van der Waals surface area contributed by atoms with E-state index in [-0.39, 0.29) is 29.2 Å². The summed E-state index contributed by atoms with van der Waals surface area (Å²) in [5, 5.41) is 58.5. The van der Waals surface area contributed by atoms with Crippen LogP contribution in [0, 0.1) is 16.2 Å². The molecule has 0 aliphatic heterocycles. The van der Waals surface area contributed by atoms with Gasteiger partial charge in [-0.15, -0.1) is 0 Å². The lowest BCUT2D eigenvalue weighted by molar-refractivity contribution is -0.0575. The zero-order valence-corrected chi connectivity index (χ0v) is 23.2. The van der Waals surface area contributed by atoms with Gasteiger partial charge >= 0.3 is 0 Å². The average Bonchev–Trinajstić information content (AvgIpc) is 2.66. The van der Waals surface area contributed by atoms with Crippen molar-refractivity contribution in [2.24, 2.45) is 16.2 Å². The molecule has 7 nitrogen and oxygen atoms in total. The van der Waals surface area contributed by atoms with Gasteiger partial charge in [0.05, 0.1) is 29.3 Å². The Morgan fingerprint density at radius 3 is 2.03 bits per heavy atom. The van der Waals surface area contributed by atoms with E-state index in [4.69, 9.17) is 12.2 Å². The second kappa shape index (κ2) is 12.6. The number of aliphatic hydroxyl groups is 5. The van der Waals surface area contributed by atoms with Crippen molar-refractivity contribution < 1.29 is 25.5 Å². The molecule has 0 fully saturated rings. The number of rotatable bonds is 11. The second-order valence-corrected chi connectivity index (χ2v) is 13.6. The van der Waals surface area contributed by atoms with E-state index in [9.17, 15) is 25.5 Å². The van der Waals surface area contributed by atoms with Crippen molar-refractivity contribution in [2.75, 3.05) is 6.54 Å². The fourth-order valence-corrected chi connectivity index (χ4v) is 4.83. The quantitative estimate of drug-likeness (QED) is 0.170. The lowest BCUT2D eigenvalue weighted by Gasteiger charge is -2.39. The Morgan fingerprint density at radius 2 is 1.50 bits per heavy atom. The average molecular weight is 503 g/mol. The van der Waals surface area contributed by atoms with Crippen molar-refractivity contribution in [1.29, 1.82) is 0 Å². The summed E-state index contributed by atoms with van der Waals surface area (Å²) in [6, 6.07) is -1.09. The van der Waals surface area contributed by atoms with E-state index in [0.717, 1.165) is 12.8 Å². The monoisotopic (exact) mass is 502 g/mol. The smallest absolute Gasteiger partial charge is 0.111 e. The normalized spacial score (nSPS) is 26.7. The highest BCUT2D eigenvalue weighted by Crippen LogP contribution is 2.37. The van der Waals surface area contributed by atoms with E-state index in [2.05, 4.69) is 52.2 Å². The van der Waals surface area contributed by atoms with Crippen molar-refractivity contribution in [1.82, 2.24) is 10.6 Å². The molecule has 34 heavy (non-hydrogen) atoms. The van der Waals surface area contributed by atoms with E-state index < -0.39 is 42.6 Å². The molecular weight excluding hydrogens is 452 g/mol. The zero-order valence-electron chi connectivity index (χ0n) is 22.4. The first-order valence-corrected chi connectivity index (χ1v) is 12.8. The van der Waals surface area contributed by atoms with E-state index in [0.29, 0.717) is 11.4 Å². The summed E-state index contributed by atoms with van der Waals surface area (Å²) < 4.78 is 0. The lowest BCUT2D eigenvalue weighted by atomic mass is 9.71. The van der Waals surface area contributed by atoms with Crippen LogP contribution in [0.5, 0.6) is 0 Å². The summed E-state index contributed by atoms with van der Waals surface area (Å²) in [6.45, 7) is 17.1. The van der Waals surface area contributed by atoms with Crippen molar-refractivity contribution in [3.63, 3.8) is 0 Å². The molecule has 0 saturated heterocycles. The molecule has 0 aromatic carbocycles. The molecule has 0 aromatic heterocycles. The predicted molar refractivity (Wildman–Crippen MR) is 142 cm³/mol. The van der Waals surface area contributed by atoms with Crippen molar-refractivity contribution in [3.05, 3.63) is 12.2 Å². The molecular formula is C26H50N2O5S. The fourth-order valence-electron chi connectivity index (χ4n) is 4.57. The van der Waals surface area contributed by atoms with Crippen LogP contribution in [0.25, 0.3) is 0 Å². The van der Waals surface area contributed by atoms with Gasteiger partial charge in [-0.25, -0.2) is 0 Å². The Hall–Kier alpha value is -0.610. The highest BCUT2D eigenvalue weighted by molar-refractivity contribution is 7.80. The summed E-state index contributed by atoms with van der Waals surface area (Å²) >= 11 is 5.56. The van der Waals surface area contributed by atoms with Gasteiger partial charge in [-0.1, -0.05) is 79.8 Å². The van der Waals surface area contributed by atoms with Crippen molar-refractivity contribution in [2.45, 2.75) is 124 Å². The third-order valence-electron chi connectivity index (χ3n) is 6.42. The summed E-state index contributed by atoms with van der Waals surface area (Å²) in [6.07, 6.45) is 0.418. The van der Waals surface area contributed by atoms with Gasteiger partial charge in [0.1, 0.15) is 18.3 Å². The topological polar surface area (TPSA) is 125 Å². The third-order valence-corrected chi connectivity index (χ3v) is 6.74. The molecule has 7 N–H and O–H groups in total. The molecule has 1 aliphatic carbocycles. The van der Waals surface area contributed by atoms with Gasteiger partial charge in [0.25, 0.3) is 0 Å². The van der Waals surface area contributed by atoms with Crippen LogP contribution in [0.15, 0.2) is 12.2 Å². The zero-order chi connectivity index (χ0) is 26.5.